The normalized spacial score (nSPS) is 20.2. The highest BCUT2D eigenvalue weighted by Crippen LogP contribution is 2.17. The van der Waals surface area contributed by atoms with Crippen molar-refractivity contribution in [3.05, 3.63) is 35.4 Å². The molecule has 2 rings (SSSR count). The summed E-state index contributed by atoms with van der Waals surface area (Å²) in [5.41, 5.74) is 2.13. The number of benzene rings is 1. The summed E-state index contributed by atoms with van der Waals surface area (Å²) in [6.45, 7) is 2.81. The van der Waals surface area contributed by atoms with Gasteiger partial charge in [-0.2, -0.15) is 0 Å². The number of ether oxygens (including phenoxy) is 2. The van der Waals surface area contributed by atoms with Crippen molar-refractivity contribution in [3.8, 4) is 0 Å². The third kappa shape index (κ3) is 2.55. The van der Waals surface area contributed by atoms with E-state index in [1.54, 1.807) is 0 Å². The van der Waals surface area contributed by atoms with E-state index in [1.807, 2.05) is 31.2 Å². The molecule has 1 aromatic carbocycles. The molecule has 0 bridgehead atoms. The lowest BCUT2D eigenvalue weighted by Gasteiger charge is -2.14. The summed E-state index contributed by atoms with van der Waals surface area (Å²) < 4.78 is 11.0. The van der Waals surface area contributed by atoms with Gasteiger partial charge in [-0.1, -0.05) is 24.3 Å². The van der Waals surface area contributed by atoms with Crippen LogP contribution in [-0.4, -0.2) is 17.9 Å². The lowest BCUT2D eigenvalue weighted by molar-refractivity contribution is -0.0453. The Labute approximate surface area is 95.2 Å². The van der Waals surface area contributed by atoms with E-state index in [2.05, 4.69) is 0 Å². The molecule has 1 aliphatic heterocycles. The fourth-order valence-corrected chi connectivity index (χ4v) is 1.96. The van der Waals surface area contributed by atoms with Gasteiger partial charge in [0.1, 0.15) is 0 Å². The molecule has 1 aromatic rings. The molecule has 0 spiro atoms. The van der Waals surface area contributed by atoms with Gasteiger partial charge in [-0.3, -0.25) is 0 Å². The monoisotopic (exact) mass is 222 g/mol. The molecule has 1 aliphatic rings. The third-order valence-corrected chi connectivity index (χ3v) is 2.81. The van der Waals surface area contributed by atoms with Crippen LogP contribution in [0.1, 0.15) is 24.0 Å². The van der Waals surface area contributed by atoms with Crippen LogP contribution in [0.25, 0.3) is 0 Å². The van der Waals surface area contributed by atoms with Crippen molar-refractivity contribution in [3.63, 3.8) is 0 Å². The Morgan fingerprint density at radius 1 is 1.47 bits per heavy atom. The van der Waals surface area contributed by atoms with Crippen LogP contribution >= 0.6 is 12.2 Å². The average molecular weight is 222 g/mol. The van der Waals surface area contributed by atoms with Gasteiger partial charge in [-0.15, -0.1) is 0 Å². The van der Waals surface area contributed by atoms with Gasteiger partial charge in [0.15, 0.2) is 5.05 Å². The second-order valence-electron chi connectivity index (χ2n) is 3.66. The zero-order chi connectivity index (χ0) is 10.7. The number of thiocarbonyl (C=S) groups is 1. The second kappa shape index (κ2) is 4.73. The number of aryl methyl sites for hydroxylation is 1. The summed E-state index contributed by atoms with van der Waals surface area (Å²) in [7, 11) is 0. The van der Waals surface area contributed by atoms with Crippen LogP contribution in [0.15, 0.2) is 24.3 Å². The molecule has 0 aliphatic carbocycles. The van der Waals surface area contributed by atoms with Crippen LogP contribution in [0.4, 0.5) is 0 Å². The molecule has 0 radical (unpaired) electrons. The molecular weight excluding hydrogens is 208 g/mol. The van der Waals surface area contributed by atoms with Crippen molar-refractivity contribution in [2.24, 2.45) is 0 Å². The Kier molecular flexibility index (Phi) is 3.34. The molecule has 3 heteroatoms. The van der Waals surface area contributed by atoms with E-state index in [0.717, 1.165) is 30.6 Å². The minimum absolute atomic E-state index is 0.142. The zero-order valence-corrected chi connectivity index (χ0v) is 9.55. The first-order valence-corrected chi connectivity index (χ1v) is 5.56. The van der Waals surface area contributed by atoms with E-state index in [-0.39, 0.29) is 6.29 Å². The minimum atomic E-state index is -0.142. The molecule has 1 heterocycles. The van der Waals surface area contributed by atoms with Gasteiger partial charge < -0.3 is 9.47 Å². The molecule has 15 heavy (non-hydrogen) atoms. The quantitative estimate of drug-likeness (QED) is 0.717. The van der Waals surface area contributed by atoms with Gasteiger partial charge in [-0.25, -0.2) is 0 Å². The largest absolute Gasteiger partial charge is 0.454 e. The molecule has 2 nitrogen and oxygen atoms in total. The van der Waals surface area contributed by atoms with Gasteiger partial charge >= 0.3 is 0 Å². The van der Waals surface area contributed by atoms with Crippen molar-refractivity contribution in [2.45, 2.75) is 26.1 Å². The Balaban J connectivity index is 2.04. The van der Waals surface area contributed by atoms with Gasteiger partial charge in [0.25, 0.3) is 0 Å². The highest BCUT2D eigenvalue weighted by molar-refractivity contribution is 7.80. The van der Waals surface area contributed by atoms with Crippen LogP contribution < -0.4 is 0 Å². The van der Waals surface area contributed by atoms with Crippen molar-refractivity contribution < 1.29 is 9.47 Å². The smallest absolute Gasteiger partial charge is 0.200 e. The maximum Gasteiger partial charge on any atom is 0.200 e. The van der Waals surface area contributed by atoms with Crippen LogP contribution in [0.5, 0.6) is 0 Å². The molecular formula is C12H14O2S. The van der Waals surface area contributed by atoms with Crippen molar-refractivity contribution in [1.29, 1.82) is 0 Å². The second-order valence-corrected chi connectivity index (χ2v) is 4.03. The number of hydrogen-bond acceptors (Lipinski definition) is 3. The van der Waals surface area contributed by atoms with Crippen LogP contribution in [0.2, 0.25) is 0 Å². The molecule has 1 fully saturated rings. The van der Waals surface area contributed by atoms with Crippen LogP contribution in [-0.2, 0) is 9.47 Å². The molecule has 0 N–H and O–H groups in total. The van der Waals surface area contributed by atoms with E-state index >= 15 is 0 Å². The average Bonchev–Trinajstić information content (AvgIpc) is 2.71. The highest BCUT2D eigenvalue weighted by Gasteiger charge is 2.19. The Bertz CT molecular complexity index is 356. The standard InChI is InChI=1S/C12H14O2S/c1-9-5-2-3-6-10(9)12(15)14-11-7-4-8-13-11/h2-3,5-6,11H,4,7-8H2,1H3. The maximum absolute atomic E-state index is 5.59. The van der Waals surface area contributed by atoms with E-state index in [4.69, 9.17) is 21.7 Å². The van der Waals surface area contributed by atoms with E-state index < -0.39 is 0 Å². The Morgan fingerprint density at radius 2 is 2.27 bits per heavy atom. The SMILES string of the molecule is Cc1ccccc1C(=S)OC1CCCO1. The minimum Gasteiger partial charge on any atom is -0.454 e. The summed E-state index contributed by atoms with van der Waals surface area (Å²) in [5, 5.41) is 0.542. The third-order valence-electron chi connectivity index (χ3n) is 2.49. The first-order chi connectivity index (χ1) is 7.27. The lowest BCUT2D eigenvalue weighted by atomic mass is 10.1. The highest BCUT2D eigenvalue weighted by atomic mass is 32.1. The summed E-state index contributed by atoms with van der Waals surface area (Å²) in [6.07, 6.45) is 1.85. The summed E-state index contributed by atoms with van der Waals surface area (Å²) in [5.74, 6) is 0. The first-order valence-electron chi connectivity index (χ1n) is 5.15. The van der Waals surface area contributed by atoms with Crippen molar-refractivity contribution in [1.82, 2.24) is 0 Å². The summed E-state index contributed by atoms with van der Waals surface area (Å²) in [6, 6.07) is 7.97. The lowest BCUT2D eigenvalue weighted by Crippen LogP contribution is -2.16. The molecule has 1 unspecified atom stereocenters. The van der Waals surface area contributed by atoms with E-state index in [9.17, 15) is 0 Å². The number of rotatable bonds is 2. The fraction of sp³-hybridized carbons (Fsp3) is 0.417. The predicted octanol–water partition coefficient (Wildman–Crippen LogP) is 2.82. The Hall–Kier alpha value is -0.930. The van der Waals surface area contributed by atoms with Crippen molar-refractivity contribution >= 4 is 17.3 Å². The zero-order valence-electron chi connectivity index (χ0n) is 8.73. The Morgan fingerprint density at radius 3 is 2.93 bits per heavy atom. The molecule has 1 saturated heterocycles. The molecule has 0 aromatic heterocycles. The van der Waals surface area contributed by atoms with Gasteiger partial charge in [0.05, 0.1) is 6.61 Å². The maximum atomic E-state index is 5.59. The topological polar surface area (TPSA) is 18.5 Å². The molecule has 0 amide bonds. The molecule has 1 atom stereocenters. The van der Waals surface area contributed by atoms with Crippen LogP contribution in [0, 0.1) is 6.92 Å². The van der Waals surface area contributed by atoms with E-state index in [0.29, 0.717) is 5.05 Å². The first kappa shape index (κ1) is 10.6. The molecule has 0 saturated carbocycles. The van der Waals surface area contributed by atoms with Crippen LogP contribution in [0.3, 0.4) is 0 Å². The number of hydrogen-bond donors (Lipinski definition) is 0. The van der Waals surface area contributed by atoms with Gasteiger partial charge in [-0.05, 0) is 31.1 Å². The van der Waals surface area contributed by atoms with Gasteiger partial charge in [0, 0.05) is 12.0 Å². The summed E-state index contributed by atoms with van der Waals surface area (Å²) in [4.78, 5) is 0. The van der Waals surface area contributed by atoms with E-state index in [1.165, 1.54) is 0 Å². The molecule has 80 valence electrons. The van der Waals surface area contributed by atoms with Crippen molar-refractivity contribution in [2.75, 3.05) is 6.61 Å². The summed E-state index contributed by atoms with van der Waals surface area (Å²) >= 11 is 5.24. The fourth-order valence-electron chi connectivity index (χ4n) is 1.63. The predicted molar refractivity (Wildman–Crippen MR) is 62.9 cm³/mol. The van der Waals surface area contributed by atoms with Gasteiger partial charge in [0.2, 0.25) is 6.29 Å².